The minimum atomic E-state index is 0.785. The van der Waals surface area contributed by atoms with Crippen molar-refractivity contribution in [2.75, 3.05) is 6.61 Å². The molecule has 17 heavy (non-hydrogen) atoms. The van der Waals surface area contributed by atoms with Crippen LogP contribution in [0.5, 0.6) is 5.75 Å². The van der Waals surface area contributed by atoms with Gasteiger partial charge in [-0.25, -0.2) is 0 Å². The highest BCUT2D eigenvalue weighted by atomic mass is 16.5. The number of nitrogens with zero attached hydrogens (tertiary/aromatic N) is 1. The predicted octanol–water partition coefficient (Wildman–Crippen LogP) is 4.18. The van der Waals surface area contributed by atoms with Crippen molar-refractivity contribution < 1.29 is 4.74 Å². The van der Waals surface area contributed by atoms with Crippen LogP contribution >= 0.6 is 0 Å². The summed E-state index contributed by atoms with van der Waals surface area (Å²) in [6, 6.07) is 9.76. The number of unbranched alkanes of at least 4 members (excludes halogenated alkanes) is 3. The second-order valence-corrected chi connectivity index (χ2v) is 3.94. The maximum Gasteiger partial charge on any atom is 0.119 e. The van der Waals surface area contributed by atoms with Crippen molar-refractivity contribution in [3.63, 3.8) is 0 Å². The SMILES string of the molecule is CCCCCCOc1ccc(C=CC#N)cc1. The highest BCUT2D eigenvalue weighted by Gasteiger charge is 1.93. The normalized spacial score (nSPS) is 10.4. The molecule has 0 aliphatic rings. The number of rotatable bonds is 7. The molecule has 0 unspecified atom stereocenters. The van der Waals surface area contributed by atoms with E-state index in [4.69, 9.17) is 10.00 Å². The van der Waals surface area contributed by atoms with Gasteiger partial charge in [0.25, 0.3) is 0 Å². The first-order valence-electron chi connectivity index (χ1n) is 6.16. The topological polar surface area (TPSA) is 33.0 Å². The Labute approximate surface area is 104 Å². The van der Waals surface area contributed by atoms with Crippen LogP contribution in [0.3, 0.4) is 0 Å². The molecule has 0 aromatic heterocycles. The van der Waals surface area contributed by atoms with Crippen LogP contribution in [-0.4, -0.2) is 6.61 Å². The minimum absolute atomic E-state index is 0.785. The van der Waals surface area contributed by atoms with Crippen LogP contribution in [0.2, 0.25) is 0 Å². The van der Waals surface area contributed by atoms with Gasteiger partial charge >= 0.3 is 0 Å². The second-order valence-electron chi connectivity index (χ2n) is 3.94. The van der Waals surface area contributed by atoms with Gasteiger partial charge in [-0.15, -0.1) is 0 Å². The molecule has 0 radical (unpaired) electrons. The van der Waals surface area contributed by atoms with Crippen LogP contribution in [0.25, 0.3) is 6.08 Å². The van der Waals surface area contributed by atoms with Gasteiger partial charge < -0.3 is 4.74 Å². The Hall–Kier alpha value is -1.75. The second kappa shape index (κ2) is 8.41. The van der Waals surface area contributed by atoms with Gasteiger partial charge in [0.2, 0.25) is 0 Å². The molecule has 2 nitrogen and oxygen atoms in total. The van der Waals surface area contributed by atoms with Gasteiger partial charge in [-0.1, -0.05) is 38.3 Å². The first kappa shape index (κ1) is 13.3. The molecule has 0 aliphatic carbocycles. The van der Waals surface area contributed by atoms with E-state index >= 15 is 0 Å². The van der Waals surface area contributed by atoms with Crippen molar-refractivity contribution >= 4 is 6.08 Å². The summed E-state index contributed by atoms with van der Waals surface area (Å²) >= 11 is 0. The van der Waals surface area contributed by atoms with Crippen molar-refractivity contribution in [2.24, 2.45) is 0 Å². The third-order valence-corrected chi connectivity index (χ3v) is 2.50. The van der Waals surface area contributed by atoms with Crippen LogP contribution in [0.1, 0.15) is 38.2 Å². The van der Waals surface area contributed by atoms with Crippen molar-refractivity contribution in [1.29, 1.82) is 5.26 Å². The zero-order valence-electron chi connectivity index (χ0n) is 10.4. The molecule has 0 N–H and O–H groups in total. The number of nitriles is 1. The number of allylic oxidation sites excluding steroid dienone is 1. The number of ether oxygens (including phenoxy) is 1. The lowest BCUT2D eigenvalue weighted by molar-refractivity contribution is 0.305. The Balaban J connectivity index is 2.31. The molecule has 0 saturated carbocycles. The Morgan fingerprint density at radius 2 is 1.94 bits per heavy atom. The van der Waals surface area contributed by atoms with Crippen molar-refractivity contribution in [3.8, 4) is 11.8 Å². The molecule has 0 amide bonds. The molecule has 0 heterocycles. The summed E-state index contributed by atoms with van der Waals surface area (Å²) in [5.74, 6) is 0.899. The fraction of sp³-hybridized carbons (Fsp3) is 0.400. The Bertz CT molecular complexity index is 373. The molecule has 0 atom stereocenters. The molecule has 1 aromatic carbocycles. The lowest BCUT2D eigenvalue weighted by Gasteiger charge is -2.05. The molecular formula is C15H19NO. The first-order valence-corrected chi connectivity index (χ1v) is 6.16. The van der Waals surface area contributed by atoms with E-state index in [1.807, 2.05) is 30.3 Å². The van der Waals surface area contributed by atoms with E-state index in [0.717, 1.165) is 24.3 Å². The zero-order chi connectivity index (χ0) is 12.3. The lowest BCUT2D eigenvalue weighted by Crippen LogP contribution is -1.96. The van der Waals surface area contributed by atoms with E-state index in [1.165, 1.54) is 25.3 Å². The minimum Gasteiger partial charge on any atom is -0.494 e. The Morgan fingerprint density at radius 3 is 2.59 bits per heavy atom. The summed E-state index contributed by atoms with van der Waals surface area (Å²) in [4.78, 5) is 0. The summed E-state index contributed by atoms with van der Waals surface area (Å²) in [6.07, 6.45) is 8.14. The van der Waals surface area contributed by atoms with Crippen LogP contribution in [-0.2, 0) is 0 Å². The molecular weight excluding hydrogens is 210 g/mol. The highest BCUT2D eigenvalue weighted by Crippen LogP contribution is 2.13. The summed E-state index contributed by atoms with van der Waals surface area (Å²) in [5.41, 5.74) is 1.02. The molecule has 0 fully saturated rings. The summed E-state index contributed by atoms with van der Waals surface area (Å²) < 4.78 is 5.62. The Kier molecular flexibility index (Phi) is 6.59. The summed E-state index contributed by atoms with van der Waals surface area (Å²) in [6.45, 7) is 2.99. The molecule has 2 heteroatoms. The molecule has 1 rings (SSSR count). The smallest absolute Gasteiger partial charge is 0.119 e. The molecule has 0 spiro atoms. The molecule has 90 valence electrons. The van der Waals surface area contributed by atoms with Crippen molar-refractivity contribution in [1.82, 2.24) is 0 Å². The van der Waals surface area contributed by atoms with Gasteiger partial charge in [-0.05, 0) is 30.2 Å². The lowest BCUT2D eigenvalue weighted by atomic mass is 10.2. The number of hydrogen-bond acceptors (Lipinski definition) is 2. The van der Waals surface area contributed by atoms with Crippen molar-refractivity contribution in [3.05, 3.63) is 35.9 Å². The van der Waals surface area contributed by atoms with Gasteiger partial charge in [0.05, 0.1) is 12.7 Å². The van der Waals surface area contributed by atoms with Gasteiger partial charge in [0.1, 0.15) is 5.75 Å². The zero-order valence-corrected chi connectivity index (χ0v) is 10.4. The van der Waals surface area contributed by atoms with E-state index in [9.17, 15) is 0 Å². The maximum absolute atomic E-state index is 8.41. The van der Waals surface area contributed by atoms with E-state index in [0.29, 0.717) is 0 Å². The van der Waals surface area contributed by atoms with E-state index < -0.39 is 0 Å². The predicted molar refractivity (Wildman–Crippen MR) is 70.7 cm³/mol. The summed E-state index contributed by atoms with van der Waals surface area (Å²) in [7, 11) is 0. The molecule has 0 saturated heterocycles. The number of benzene rings is 1. The standard InChI is InChI=1S/C15H19NO/c1-2-3-4-5-13-17-15-10-8-14(9-11-15)7-6-12-16/h6-11H,2-5,13H2,1H3. The average Bonchev–Trinajstić information content (AvgIpc) is 2.37. The molecule has 1 aromatic rings. The Morgan fingerprint density at radius 1 is 1.18 bits per heavy atom. The average molecular weight is 229 g/mol. The third kappa shape index (κ3) is 5.77. The van der Waals surface area contributed by atoms with Crippen LogP contribution in [0.15, 0.2) is 30.3 Å². The fourth-order valence-corrected chi connectivity index (χ4v) is 1.53. The van der Waals surface area contributed by atoms with Gasteiger partial charge in [0, 0.05) is 6.08 Å². The fourth-order valence-electron chi connectivity index (χ4n) is 1.53. The molecule has 0 bridgehead atoms. The van der Waals surface area contributed by atoms with Crippen LogP contribution in [0.4, 0.5) is 0 Å². The van der Waals surface area contributed by atoms with Crippen LogP contribution in [0, 0.1) is 11.3 Å². The summed E-state index contributed by atoms with van der Waals surface area (Å²) in [5, 5.41) is 8.41. The first-order chi connectivity index (χ1) is 8.36. The van der Waals surface area contributed by atoms with E-state index in [2.05, 4.69) is 6.92 Å². The third-order valence-electron chi connectivity index (χ3n) is 2.50. The number of hydrogen-bond donors (Lipinski definition) is 0. The quantitative estimate of drug-likeness (QED) is 0.519. The van der Waals surface area contributed by atoms with Gasteiger partial charge in [-0.3, -0.25) is 0 Å². The van der Waals surface area contributed by atoms with E-state index in [1.54, 1.807) is 6.08 Å². The van der Waals surface area contributed by atoms with Gasteiger partial charge in [-0.2, -0.15) is 5.26 Å². The highest BCUT2D eigenvalue weighted by molar-refractivity contribution is 5.52. The monoisotopic (exact) mass is 229 g/mol. The maximum atomic E-state index is 8.41. The van der Waals surface area contributed by atoms with Crippen molar-refractivity contribution in [2.45, 2.75) is 32.6 Å². The molecule has 0 aliphatic heterocycles. The van der Waals surface area contributed by atoms with E-state index in [-0.39, 0.29) is 0 Å². The largest absolute Gasteiger partial charge is 0.494 e. The van der Waals surface area contributed by atoms with Crippen LogP contribution < -0.4 is 4.74 Å². The van der Waals surface area contributed by atoms with Gasteiger partial charge in [0.15, 0.2) is 0 Å².